The van der Waals surface area contributed by atoms with Crippen LogP contribution < -0.4 is 10.7 Å². The highest BCUT2D eigenvalue weighted by molar-refractivity contribution is 5.97. The van der Waals surface area contributed by atoms with Gasteiger partial charge in [-0.15, -0.1) is 0 Å². The average molecular weight is 321 g/mol. The van der Waals surface area contributed by atoms with E-state index in [0.29, 0.717) is 0 Å². The molecule has 1 amide bonds. The lowest BCUT2D eigenvalue weighted by Gasteiger charge is -2.13. The van der Waals surface area contributed by atoms with Crippen molar-refractivity contribution in [2.24, 2.45) is 5.10 Å². The number of allylic oxidation sites excluding steroid dienone is 1. The summed E-state index contributed by atoms with van der Waals surface area (Å²) in [5.41, 5.74) is 6.50. The summed E-state index contributed by atoms with van der Waals surface area (Å²) in [7, 11) is 0. The van der Waals surface area contributed by atoms with E-state index < -0.39 is 0 Å². The maximum absolute atomic E-state index is 12.1. The Hall–Kier alpha value is -2.88. The number of hydrazone groups is 1. The van der Waals surface area contributed by atoms with Crippen molar-refractivity contribution in [2.45, 2.75) is 26.8 Å². The highest BCUT2D eigenvalue weighted by atomic mass is 16.2. The molecule has 4 heteroatoms. The Kier molecular flexibility index (Phi) is 6.32. The van der Waals surface area contributed by atoms with Crippen LogP contribution in [0.1, 0.15) is 25.0 Å². The first-order chi connectivity index (χ1) is 11.5. The number of hydrogen-bond donors (Lipinski definition) is 2. The van der Waals surface area contributed by atoms with E-state index in [1.165, 1.54) is 5.56 Å². The predicted molar refractivity (Wildman–Crippen MR) is 101 cm³/mol. The quantitative estimate of drug-likeness (QED) is 0.624. The number of anilines is 1. The van der Waals surface area contributed by atoms with Gasteiger partial charge >= 0.3 is 0 Å². The summed E-state index contributed by atoms with van der Waals surface area (Å²) in [5.74, 6) is -0.178. The van der Waals surface area contributed by atoms with Gasteiger partial charge in [-0.1, -0.05) is 54.1 Å². The smallest absolute Gasteiger partial charge is 0.262 e. The van der Waals surface area contributed by atoms with Gasteiger partial charge in [-0.05, 0) is 44.5 Å². The molecule has 24 heavy (non-hydrogen) atoms. The Labute approximate surface area is 143 Å². The van der Waals surface area contributed by atoms with Gasteiger partial charge in [0, 0.05) is 5.69 Å². The second-order valence-electron chi connectivity index (χ2n) is 5.71. The largest absolute Gasteiger partial charge is 0.374 e. The number of aryl methyl sites for hydroxylation is 1. The van der Waals surface area contributed by atoms with Crippen LogP contribution in [0.5, 0.6) is 0 Å². The average Bonchev–Trinajstić information content (AvgIpc) is 2.60. The predicted octanol–water partition coefficient (Wildman–Crippen LogP) is 4.00. The highest BCUT2D eigenvalue weighted by Gasteiger charge is 2.11. The van der Waals surface area contributed by atoms with E-state index in [1.807, 2.05) is 80.6 Å². The Bertz CT molecular complexity index is 718. The lowest BCUT2D eigenvalue weighted by atomic mass is 10.2. The number of carbonyl (C=O) groups excluding carboxylic acids is 1. The topological polar surface area (TPSA) is 53.5 Å². The summed E-state index contributed by atoms with van der Waals surface area (Å²) in [6.07, 6.45) is 3.83. The van der Waals surface area contributed by atoms with Crippen LogP contribution >= 0.6 is 0 Å². The molecule has 0 aliphatic carbocycles. The third kappa shape index (κ3) is 5.72. The van der Waals surface area contributed by atoms with Crippen LogP contribution in [0.25, 0.3) is 6.08 Å². The van der Waals surface area contributed by atoms with Crippen molar-refractivity contribution in [3.63, 3.8) is 0 Å². The number of amides is 1. The first-order valence-electron chi connectivity index (χ1n) is 7.95. The van der Waals surface area contributed by atoms with Crippen LogP contribution in [0, 0.1) is 6.92 Å². The number of hydrogen-bond acceptors (Lipinski definition) is 3. The van der Waals surface area contributed by atoms with Crippen molar-refractivity contribution in [2.75, 3.05) is 5.32 Å². The molecule has 2 rings (SSSR count). The van der Waals surface area contributed by atoms with E-state index in [4.69, 9.17) is 0 Å². The fourth-order valence-electron chi connectivity index (χ4n) is 2.02. The Balaban J connectivity index is 1.86. The molecule has 124 valence electrons. The molecule has 0 aliphatic rings. The zero-order valence-electron chi connectivity index (χ0n) is 14.3. The Morgan fingerprint density at radius 3 is 2.42 bits per heavy atom. The standard InChI is InChI=1S/C20H23N3O/c1-15-9-13-19(14-10-15)21-17(3)20(24)23-22-16(2)11-12-18-7-5-4-6-8-18/h4-14,17,21H,1-3H3,(H,23,24)/b12-11+,22-16-/t17-/m1/s1. The summed E-state index contributed by atoms with van der Waals surface area (Å²) >= 11 is 0. The number of nitrogens with zero attached hydrogens (tertiary/aromatic N) is 1. The maximum atomic E-state index is 12.1. The monoisotopic (exact) mass is 321 g/mol. The molecule has 0 saturated heterocycles. The van der Waals surface area contributed by atoms with Gasteiger partial charge in [-0.2, -0.15) is 5.10 Å². The first kappa shape index (κ1) is 17.5. The van der Waals surface area contributed by atoms with Crippen LogP contribution in [0.2, 0.25) is 0 Å². The minimum atomic E-state index is -0.373. The summed E-state index contributed by atoms with van der Waals surface area (Å²) < 4.78 is 0. The third-order valence-electron chi connectivity index (χ3n) is 3.49. The van der Waals surface area contributed by atoms with Crippen molar-refractivity contribution in [1.82, 2.24) is 5.43 Å². The fraction of sp³-hybridized carbons (Fsp3) is 0.200. The molecule has 2 N–H and O–H groups in total. The van der Waals surface area contributed by atoms with E-state index in [0.717, 1.165) is 17.0 Å². The molecule has 1 atom stereocenters. The zero-order chi connectivity index (χ0) is 17.4. The van der Waals surface area contributed by atoms with E-state index in [-0.39, 0.29) is 11.9 Å². The second kappa shape index (κ2) is 8.67. The summed E-state index contributed by atoms with van der Waals surface area (Å²) in [6.45, 7) is 5.68. The molecule has 0 saturated carbocycles. The molecular weight excluding hydrogens is 298 g/mol. The molecule has 0 aromatic heterocycles. The van der Waals surface area contributed by atoms with Crippen LogP contribution in [0.4, 0.5) is 5.69 Å². The molecular formula is C20H23N3O. The van der Waals surface area contributed by atoms with Gasteiger partial charge in [-0.3, -0.25) is 4.79 Å². The van der Waals surface area contributed by atoms with E-state index >= 15 is 0 Å². The lowest BCUT2D eigenvalue weighted by molar-refractivity contribution is -0.121. The molecule has 0 aliphatic heterocycles. The minimum Gasteiger partial charge on any atom is -0.374 e. The molecule has 0 fully saturated rings. The van der Waals surface area contributed by atoms with Gasteiger partial charge in [0.1, 0.15) is 6.04 Å². The number of nitrogens with one attached hydrogen (secondary N) is 2. The molecule has 0 unspecified atom stereocenters. The van der Waals surface area contributed by atoms with Crippen LogP contribution in [0.3, 0.4) is 0 Å². The minimum absolute atomic E-state index is 0.178. The van der Waals surface area contributed by atoms with E-state index in [9.17, 15) is 4.79 Å². The van der Waals surface area contributed by atoms with E-state index in [1.54, 1.807) is 6.92 Å². The second-order valence-corrected chi connectivity index (χ2v) is 5.71. The summed E-state index contributed by atoms with van der Waals surface area (Å²) in [6, 6.07) is 17.5. The van der Waals surface area contributed by atoms with Gasteiger partial charge in [0.15, 0.2) is 0 Å². The number of benzene rings is 2. The van der Waals surface area contributed by atoms with Crippen LogP contribution in [0.15, 0.2) is 65.8 Å². The normalized spacial score (nSPS) is 12.9. The molecule has 0 heterocycles. The third-order valence-corrected chi connectivity index (χ3v) is 3.49. The fourth-order valence-corrected chi connectivity index (χ4v) is 2.02. The van der Waals surface area contributed by atoms with Gasteiger partial charge in [-0.25, -0.2) is 5.43 Å². The van der Waals surface area contributed by atoms with Gasteiger partial charge < -0.3 is 5.32 Å². The summed E-state index contributed by atoms with van der Waals surface area (Å²) in [4.78, 5) is 12.1. The number of carbonyl (C=O) groups is 1. The van der Waals surface area contributed by atoms with Crippen molar-refractivity contribution in [3.05, 3.63) is 71.8 Å². The van der Waals surface area contributed by atoms with Crippen LogP contribution in [-0.4, -0.2) is 17.7 Å². The van der Waals surface area contributed by atoms with E-state index in [2.05, 4.69) is 15.8 Å². The molecule has 2 aromatic rings. The SMILES string of the molecule is CC(/C=C/c1ccccc1)=N/NC(=O)[C@@H](C)Nc1ccc(C)cc1. The van der Waals surface area contributed by atoms with Crippen molar-refractivity contribution >= 4 is 23.4 Å². The molecule has 0 bridgehead atoms. The summed E-state index contributed by atoms with van der Waals surface area (Å²) in [5, 5.41) is 7.26. The Morgan fingerprint density at radius 1 is 1.08 bits per heavy atom. The van der Waals surface area contributed by atoms with Gasteiger partial charge in [0.05, 0.1) is 5.71 Å². The van der Waals surface area contributed by atoms with Gasteiger partial charge in [0.25, 0.3) is 5.91 Å². The number of rotatable bonds is 6. The maximum Gasteiger partial charge on any atom is 0.262 e. The van der Waals surface area contributed by atoms with Crippen molar-refractivity contribution < 1.29 is 4.79 Å². The first-order valence-corrected chi connectivity index (χ1v) is 7.95. The Morgan fingerprint density at radius 2 is 1.75 bits per heavy atom. The van der Waals surface area contributed by atoms with Crippen molar-refractivity contribution in [1.29, 1.82) is 0 Å². The van der Waals surface area contributed by atoms with Gasteiger partial charge in [0.2, 0.25) is 0 Å². The lowest BCUT2D eigenvalue weighted by Crippen LogP contribution is -2.35. The van der Waals surface area contributed by atoms with Crippen molar-refractivity contribution in [3.8, 4) is 0 Å². The molecule has 2 aromatic carbocycles. The van der Waals surface area contributed by atoms with Crippen LogP contribution in [-0.2, 0) is 4.79 Å². The highest BCUT2D eigenvalue weighted by Crippen LogP contribution is 2.10. The molecule has 4 nitrogen and oxygen atoms in total. The molecule has 0 radical (unpaired) electrons. The molecule has 0 spiro atoms. The zero-order valence-corrected chi connectivity index (χ0v) is 14.3.